The summed E-state index contributed by atoms with van der Waals surface area (Å²) in [5.74, 6) is -1.02. The van der Waals surface area contributed by atoms with Crippen LogP contribution in [0.1, 0.15) is 36.1 Å². The lowest BCUT2D eigenvalue weighted by molar-refractivity contribution is 0.508. The van der Waals surface area contributed by atoms with Crippen molar-refractivity contribution in [3.8, 4) is 0 Å². The van der Waals surface area contributed by atoms with E-state index in [1.165, 1.54) is 22.8 Å². The number of hydrogen-bond donors (Lipinski definition) is 1. The first kappa shape index (κ1) is 15.7. The normalized spacial score (nSPS) is 15.8. The zero-order valence-corrected chi connectivity index (χ0v) is 13.8. The number of anilines is 1. The van der Waals surface area contributed by atoms with Gasteiger partial charge in [-0.15, -0.1) is 0 Å². The Morgan fingerprint density at radius 3 is 2.39 bits per heavy atom. The zero-order valence-electron chi connectivity index (χ0n) is 13.8. The Morgan fingerprint density at radius 2 is 1.70 bits per heavy atom. The molecule has 0 saturated heterocycles. The summed E-state index contributed by atoms with van der Waals surface area (Å²) >= 11 is 0. The zero-order chi connectivity index (χ0) is 16.8. The van der Waals surface area contributed by atoms with Gasteiger partial charge in [-0.1, -0.05) is 6.07 Å². The summed E-state index contributed by atoms with van der Waals surface area (Å²) in [6.45, 7) is 8.29. The van der Waals surface area contributed by atoms with E-state index >= 15 is 0 Å². The van der Waals surface area contributed by atoms with Crippen LogP contribution in [0.5, 0.6) is 0 Å². The Morgan fingerprint density at radius 1 is 1.00 bits per heavy atom. The van der Waals surface area contributed by atoms with Gasteiger partial charge in [0.2, 0.25) is 0 Å². The van der Waals surface area contributed by atoms with E-state index in [9.17, 15) is 8.78 Å². The van der Waals surface area contributed by atoms with Gasteiger partial charge in [0, 0.05) is 17.3 Å². The van der Waals surface area contributed by atoms with Crippen molar-refractivity contribution in [1.29, 1.82) is 0 Å². The lowest BCUT2D eigenvalue weighted by Gasteiger charge is -2.30. The van der Waals surface area contributed by atoms with Gasteiger partial charge >= 0.3 is 0 Å². The molecule has 2 aromatic rings. The first-order valence-electron chi connectivity index (χ1n) is 7.68. The second-order valence-corrected chi connectivity index (χ2v) is 6.80. The molecule has 2 nitrogen and oxygen atoms in total. The fraction of sp³-hybridized carbons (Fsp3) is 0.316. The van der Waals surface area contributed by atoms with Gasteiger partial charge in [-0.3, -0.25) is 4.99 Å². The van der Waals surface area contributed by atoms with Crippen molar-refractivity contribution in [2.24, 2.45) is 4.99 Å². The smallest absolute Gasteiger partial charge is 0.160 e. The molecule has 0 radical (unpaired) electrons. The van der Waals surface area contributed by atoms with E-state index in [1.807, 2.05) is 0 Å². The summed E-state index contributed by atoms with van der Waals surface area (Å²) in [6, 6.07) is 8.08. The predicted molar refractivity (Wildman–Crippen MR) is 90.2 cm³/mol. The highest BCUT2D eigenvalue weighted by molar-refractivity contribution is 6.10. The van der Waals surface area contributed by atoms with E-state index in [-0.39, 0.29) is 5.54 Å². The predicted octanol–water partition coefficient (Wildman–Crippen LogP) is 4.78. The molecule has 1 N–H and O–H groups in total. The van der Waals surface area contributed by atoms with E-state index in [0.29, 0.717) is 11.5 Å². The van der Waals surface area contributed by atoms with Gasteiger partial charge in [0.25, 0.3) is 0 Å². The number of aliphatic imine (C=N–C) groups is 1. The molecule has 120 valence electrons. The van der Waals surface area contributed by atoms with Crippen LogP contribution in [-0.2, 0) is 6.42 Å². The van der Waals surface area contributed by atoms with E-state index in [2.05, 4.69) is 45.1 Å². The minimum atomic E-state index is -0.869. The molecule has 0 fully saturated rings. The molecule has 0 amide bonds. The van der Waals surface area contributed by atoms with Crippen LogP contribution < -0.4 is 5.32 Å². The van der Waals surface area contributed by atoms with Gasteiger partial charge in [-0.25, -0.2) is 8.78 Å². The molecule has 1 aliphatic heterocycles. The number of nitrogens with zero attached hydrogens (tertiary/aromatic N) is 1. The number of hydrogen-bond acceptors (Lipinski definition) is 2. The lowest BCUT2D eigenvalue weighted by atomic mass is 9.86. The molecule has 0 saturated carbocycles. The third-order valence-electron chi connectivity index (χ3n) is 4.19. The van der Waals surface area contributed by atoms with Crippen LogP contribution in [-0.4, -0.2) is 11.4 Å². The van der Waals surface area contributed by atoms with E-state index in [0.717, 1.165) is 24.1 Å². The fourth-order valence-electron chi connectivity index (χ4n) is 2.92. The molecule has 0 atom stereocenters. The number of aryl methyl sites for hydroxylation is 2. The van der Waals surface area contributed by atoms with Gasteiger partial charge in [-0.2, -0.15) is 0 Å². The summed E-state index contributed by atoms with van der Waals surface area (Å²) in [4.78, 5) is 4.76. The van der Waals surface area contributed by atoms with Crippen molar-refractivity contribution in [2.45, 2.75) is 39.7 Å². The van der Waals surface area contributed by atoms with Crippen molar-refractivity contribution in [2.75, 3.05) is 5.32 Å². The summed E-state index contributed by atoms with van der Waals surface area (Å²) in [6.07, 6.45) is 0.854. The van der Waals surface area contributed by atoms with Crippen LogP contribution in [0.25, 0.3) is 0 Å². The molecular weight excluding hydrogens is 294 g/mol. The van der Waals surface area contributed by atoms with E-state index in [4.69, 9.17) is 4.99 Å². The molecule has 1 heterocycles. The Balaban J connectivity index is 2.05. The van der Waals surface area contributed by atoms with Crippen molar-refractivity contribution < 1.29 is 8.78 Å². The van der Waals surface area contributed by atoms with E-state index < -0.39 is 11.6 Å². The third-order valence-corrected chi connectivity index (χ3v) is 4.19. The number of rotatable bonds is 1. The maximum absolute atomic E-state index is 13.4. The Bertz CT molecular complexity index is 807. The fourth-order valence-corrected chi connectivity index (χ4v) is 2.92. The molecule has 0 spiro atoms. The number of nitrogens with one attached hydrogen (secondary N) is 1. The molecule has 3 rings (SSSR count). The standard InChI is InChI=1S/C19H20F2N2/c1-11-7-13-10-19(3,4)23-18(15(13)8-12(11)2)22-14-5-6-16(20)17(21)9-14/h5-9H,10H2,1-4H3,(H,22,23). The topological polar surface area (TPSA) is 24.4 Å². The minimum Gasteiger partial charge on any atom is -0.340 e. The van der Waals surface area contributed by atoms with E-state index in [1.54, 1.807) is 0 Å². The molecule has 2 aromatic carbocycles. The number of halogens is 2. The summed E-state index contributed by atoms with van der Waals surface area (Å²) in [7, 11) is 0. The van der Waals surface area contributed by atoms with Crippen molar-refractivity contribution in [3.05, 3.63) is 64.2 Å². The van der Waals surface area contributed by atoms with Gasteiger partial charge in [0.15, 0.2) is 11.6 Å². The van der Waals surface area contributed by atoms with Crippen molar-refractivity contribution >= 4 is 11.5 Å². The van der Waals surface area contributed by atoms with Crippen LogP contribution in [0.2, 0.25) is 0 Å². The third kappa shape index (κ3) is 3.11. The highest BCUT2D eigenvalue weighted by Gasteiger charge is 2.27. The average molecular weight is 314 g/mol. The first-order chi connectivity index (χ1) is 10.7. The van der Waals surface area contributed by atoms with Crippen LogP contribution in [0.15, 0.2) is 35.3 Å². The Kier molecular flexibility index (Phi) is 3.71. The maximum atomic E-state index is 13.4. The maximum Gasteiger partial charge on any atom is 0.160 e. The SMILES string of the molecule is Cc1cc2c(cc1C)C(Nc1ccc(F)c(F)c1)=NC(C)(C)C2. The lowest BCUT2D eigenvalue weighted by Crippen LogP contribution is -2.32. The highest BCUT2D eigenvalue weighted by Crippen LogP contribution is 2.29. The summed E-state index contributed by atoms with van der Waals surface area (Å²) in [5, 5.41) is 3.15. The summed E-state index contributed by atoms with van der Waals surface area (Å²) in [5.41, 5.74) is 4.92. The molecule has 0 unspecified atom stereocenters. The van der Waals surface area contributed by atoms with Crippen LogP contribution in [0, 0.1) is 25.5 Å². The number of benzene rings is 2. The van der Waals surface area contributed by atoms with Gasteiger partial charge < -0.3 is 5.32 Å². The highest BCUT2D eigenvalue weighted by atomic mass is 19.2. The largest absolute Gasteiger partial charge is 0.340 e. The Labute approximate surface area is 135 Å². The molecule has 1 aliphatic rings. The van der Waals surface area contributed by atoms with Crippen molar-refractivity contribution in [3.63, 3.8) is 0 Å². The number of fused-ring (bicyclic) bond motifs is 1. The molecule has 0 aromatic heterocycles. The first-order valence-corrected chi connectivity index (χ1v) is 7.68. The van der Waals surface area contributed by atoms with Gasteiger partial charge in [0.1, 0.15) is 5.84 Å². The molecule has 0 bridgehead atoms. The molecule has 23 heavy (non-hydrogen) atoms. The van der Waals surface area contributed by atoms with Gasteiger partial charge in [-0.05, 0) is 69.0 Å². The van der Waals surface area contributed by atoms with Crippen molar-refractivity contribution in [1.82, 2.24) is 0 Å². The molecule has 0 aliphatic carbocycles. The molecular formula is C19H20F2N2. The Hall–Kier alpha value is -2.23. The van der Waals surface area contributed by atoms with Crippen LogP contribution in [0.3, 0.4) is 0 Å². The average Bonchev–Trinajstić information content (AvgIpc) is 2.44. The van der Waals surface area contributed by atoms with Crippen LogP contribution in [0.4, 0.5) is 14.5 Å². The quantitative estimate of drug-likeness (QED) is 0.805. The van der Waals surface area contributed by atoms with Gasteiger partial charge in [0.05, 0.1) is 5.54 Å². The summed E-state index contributed by atoms with van der Waals surface area (Å²) < 4.78 is 26.5. The minimum absolute atomic E-state index is 0.240. The number of amidine groups is 1. The van der Waals surface area contributed by atoms with Crippen LogP contribution >= 0.6 is 0 Å². The second-order valence-electron chi connectivity index (χ2n) is 6.80. The monoisotopic (exact) mass is 314 g/mol. The molecule has 4 heteroatoms. The second kappa shape index (κ2) is 5.44.